The first-order valence-corrected chi connectivity index (χ1v) is 10.7. The van der Waals surface area contributed by atoms with Crippen LogP contribution in [0.25, 0.3) is 0 Å². The van der Waals surface area contributed by atoms with Gasteiger partial charge in [-0.1, -0.05) is 45.6 Å². The van der Waals surface area contributed by atoms with Crippen LogP contribution in [0.5, 0.6) is 5.75 Å². The molecular weight excluding hydrogens is 362 g/mol. The van der Waals surface area contributed by atoms with Crippen molar-refractivity contribution in [3.8, 4) is 5.75 Å². The minimum atomic E-state index is -1.05. The van der Waals surface area contributed by atoms with Crippen molar-refractivity contribution in [2.24, 2.45) is 17.8 Å². The van der Waals surface area contributed by atoms with Crippen LogP contribution < -0.4 is 4.74 Å². The molecule has 1 aliphatic carbocycles. The molecule has 1 saturated heterocycles. The first-order valence-electron chi connectivity index (χ1n) is 10.7. The van der Waals surface area contributed by atoms with E-state index in [9.17, 15) is 13.6 Å². The molecule has 1 aromatic rings. The van der Waals surface area contributed by atoms with Crippen molar-refractivity contribution in [1.29, 1.82) is 0 Å². The van der Waals surface area contributed by atoms with E-state index < -0.39 is 23.5 Å². The van der Waals surface area contributed by atoms with Crippen molar-refractivity contribution in [3.63, 3.8) is 0 Å². The lowest BCUT2D eigenvalue weighted by molar-refractivity contribution is -0.161. The van der Waals surface area contributed by atoms with Crippen molar-refractivity contribution in [1.82, 2.24) is 0 Å². The standard InChI is InChI=1S/C23H32F2O3/c1-4-5-15-6-8-16(9-7-15)14(2)19-12-11-18(23(26)28-19)17-10-13-20(27-3)22(25)21(17)24/h10,13-16,18-19H,4-9,11-12H2,1-3H3. The van der Waals surface area contributed by atoms with Gasteiger partial charge in [-0.25, -0.2) is 4.39 Å². The highest BCUT2D eigenvalue weighted by molar-refractivity contribution is 5.79. The normalized spacial score (nSPS) is 29.2. The monoisotopic (exact) mass is 394 g/mol. The highest BCUT2D eigenvalue weighted by Crippen LogP contribution is 2.41. The highest BCUT2D eigenvalue weighted by atomic mass is 19.2. The van der Waals surface area contributed by atoms with Crippen molar-refractivity contribution in [3.05, 3.63) is 29.3 Å². The topological polar surface area (TPSA) is 35.5 Å². The predicted molar refractivity (Wildman–Crippen MR) is 104 cm³/mol. The molecule has 3 atom stereocenters. The maximum absolute atomic E-state index is 14.4. The van der Waals surface area contributed by atoms with Gasteiger partial charge in [-0.3, -0.25) is 4.79 Å². The first-order chi connectivity index (χ1) is 13.5. The zero-order valence-corrected chi connectivity index (χ0v) is 17.2. The minimum absolute atomic E-state index is 0.0643. The van der Waals surface area contributed by atoms with E-state index in [4.69, 9.17) is 9.47 Å². The fraction of sp³-hybridized carbons (Fsp3) is 0.696. The average molecular weight is 395 g/mol. The number of carbonyl (C=O) groups excluding carboxylic acids is 1. The Morgan fingerprint density at radius 2 is 1.82 bits per heavy atom. The number of benzene rings is 1. The molecule has 2 fully saturated rings. The summed E-state index contributed by atoms with van der Waals surface area (Å²) in [6, 6.07) is 2.80. The molecule has 2 aliphatic rings. The Labute approximate surface area is 166 Å². The fourth-order valence-electron chi connectivity index (χ4n) is 5.08. The lowest BCUT2D eigenvalue weighted by atomic mass is 9.72. The van der Waals surface area contributed by atoms with Crippen LogP contribution in [-0.4, -0.2) is 19.2 Å². The van der Waals surface area contributed by atoms with E-state index in [2.05, 4.69) is 13.8 Å². The van der Waals surface area contributed by atoms with Crippen LogP contribution in [0, 0.1) is 29.4 Å². The largest absolute Gasteiger partial charge is 0.494 e. The van der Waals surface area contributed by atoms with Crippen LogP contribution in [0.15, 0.2) is 12.1 Å². The molecule has 1 aliphatic heterocycles. The second-order valence-electron chi connectivity index (χ2n) is 8.52. The molecular formula is C23H32F2O3. The van der Waals surface area contributed by atoms with Crippen LogP contribution in [-0.2, 0) is 9.53 Å². The Morgan fingerprint density at radius 1 is 1.11 bits per heavy atom. The summed E-state index contributed by atoms with van der Waals surface area (Å²) in [7, 11) is 1.29. The summed E-state index contributed by atoms with van der Waals surface area (Å²) < 4.78 is 39.0. The van der Waals surface area contributed by atoms with Gasteiger partial charge in [-0.15, -0.1) is 0 Å². The van der Waals surface area contributed by atoms with Crippen molar-refractivity contribution < 1.29 is 23.0 Å². The maximum atomic E-state index is 14.4. The SMILES string of the molecule is CCCC1CCC(C(C)C2CCC(c3ccc(OC)c(F)c3F)C(=O)O2)CC1. The molecule has 3 nitrogen and oxygen atoms in total. The molecule has 5 heteroatoms. The van der Waals surface area contributed by atoms with Crippen LogP contribution in [0.3, 0.4) is 0 Å². The lowest BCUT2D eigenvalue weighted by Crippen LogP contribution is -2.38. The molecule has 0 N–H and O–H groups in total. The molecule has 3 rings (SSSR count). The number of hydrogen-bond acceptors (Lipinski definition) is 3. The van der Waals surface area contributed by atoms with Gasteiger partial charge in [0.2, 0.25) is 5.82 Å². The summed E-state index contributed by atoms with van der Waals surface area (Å²) >= 11 is 0. The number of halogens is 2. The number of ether oxygens (including phenoxy) is 2. The van der Waals surface area contributed by atoms with Crippen LogP contribution >= 0.6 is 0 Å². The van der Waals surface area contributed by atoms with Crippen LogP contribution in [0.1, 0.15) is 76.7 Å². The highest BCUT2D eigenvalue weighted by Gasteiger charge is 2.39. The van der Waals surface area contributed by atoms with Crippen molar-refractivity contribution in [2.75, 3.05) is 7.11 Å². The van der Waals surface area contributed by atoms with E-state index in [0.717, 1.165) is 5.92 Å². The number of rotatable bonds is 6. The van der Waals surface area contributed by atoms with Crippen molar-refractivity contribution >= 4 is 5.97 Å². The van der Waals surface area contributed by atoms with Gasteiger partial charge < -0.3 is 9.47 Å². The van der Waals surface area contributed by atoms with E-state index in [1.807, 2.05) is 0 Å². The van der Waals surface area contributed by atoms with E-state index in [0.29, 0.717) is 24.7 Å². The lowest BCUT2D eigenvalue weighted by Gasteiger charge is -2.38. The molecule has 3 unspecified atom stereocenters. The Kier molecular flexibility index (Phi) is 6.95. The predicted octanol–water partition coefficient (Wildman–Crippen LogP) is 6.01. The van der Waals surface area contributed by atoms with Gasteiger partial charge in [-0.2, -0.15) is 4.39 Å². The van der Waals surface area contributed by atoms with E-state index >= 15 is 0 Å². The Bertz CT molecular complexity index is 683. The summed E-state index contributed by atoms with van der Waals surface area (Å²) in [6.07, 6.45) is 8.54. The Morgan fingerprint density at radius 3 is 2.43 bits per heavy atom. The number of carbonyl (C=O) groups is 1. The van der Waals surface area contributed by atoms with Crippen LogP contribution in [0.2, 0.25) is 0 Å². The van der Waals surface area contributed by atoms with Gasteiger partial charge in [0.05, 0.1) is 13.0 Å². The molecule has 0 radical (unpaired) electrons. The van der Waals surface area contributed by atoms with Crippen molar-refractivity contribution in [2.45, 2.75) is 77.2 Å². The van der Waals surface area contributed by atoms with Gasteiger partial charge in [0.25, 0.3) is 0 Å². The maximum Gasteiger partial charge on any atom is 0.313 e. The number of methoxy groups -OCH3 is 1. The fourth-order valence-corrected chi connectivity index (χ4v) is 5.08. The summed E-state index contributed by atoms with van der Waals surface area (Å²) in [5.41, 5.74) is 0.0643. The zero-order chi connectivity index (χ0) is 20.3. The smallest absolute Gasteiger partial charge is 0.313 e. The second-order valence-corrected chi connectivity index (χ2v) is 8.52. The minimum Gasteiger partial charge on any atom is -0.494 e. The molecule has 28 heavy (non-hydrogen) atoms. The third kappa shape index (κ3) is 4.33. The molecule has 0 amide bonds. The van der Waals surface area contributed by atoms with Gasteiger partial charge in [0.15, 0.2) is 11.6 Å². The molecule has 156 valence electrons. The van der Waals surface area contributed by atoms with Crippen LogP contribution in [0.4, 0.5) is 8.78 Å². The molecule has 0 aromatic heterocycles. The van der Waals surface area contributed by atoms with E-state index in [-0.39, 0.29) is 17.4 Å². The summed E-state index contributed by atoms with van der Waals surface area (Å²) in [6.45, 7) is 4.42. The summed E-state index contributed by atoms with van der Waals surface area (Å²) in [4.78, 5) is 12.6. The third-order valence-electron chi connectivity index (χ3n) is 6.88. The van der Waals surface area contributed by atoms with E-state index in [1.165, 1.54) is 57.8 Å². The number of cyclic esters (lactones) is 1. The molecule has 1 heterocycles. The van der Waals surface area contributed by atoms with Gasteiger partial charge in [0, 0.05) is 5.56 Å². The van der Waals surface area contributed by atoms with Gasteiger partial charge >= 0.3 is 5.97 Å². The van der Waals surface area contributed by atoms with E-state index in [1.54, 1.807) is 0 Å². The first kappa shape index (κ1) is 21.1. The quantitative estimate of drug-likeness (QED) is 0.555. The number of hydrogen-bond donors (Lipinski definition) is 0. The summed E-state index contributed by atoms with van der Waals surface area (Å²) in [5, 5.41) is 0. The summed E-state index contributed by atoms with van der Waals surface area (Å²) in [5.74, 6) is -1.66. The third-order valence-corrected chi connectivity index (χ3v) is 6.88. The number of esters is 1. The zero-order valence-electron chi connectivity index (χ0n) is 17.2. The molecule has 0 spiro atoms. The van der Waals surface area contributed by atoms with Gasteiger partial charge in [0.1, 0.15) is 6.10 Å². The Hall–Kier alpha value is -1.65. The Balaban J connectivity index is 1.61. The molecule has 0 bridgehead atoms. The van der Waals surface area contributed by atoms with Gasteiger partial charge in [-0.05, 0) is 49.5 Å². The average Bonchev–Trinajstić information content (AvgIpc) is 2.71. The molecule has 1 saturated carbocycles. The molecule has 1 aromatic carbocycles. The second kappa shape index (κ2) is 9.23.